The third-order valence-corrected chi connectivity index (χ3v) is 7.12. The van der Waals surface area contributed by atoms with Crippen LogP contribution in [0.25, 0.3) is 11.0 Å². The van der Waals surface area contributed by atoms with E-state index < -0.39 is 0 Å². The zero-order valence-corrected chi connectivity index (χ0v) is 19.4. The molecule has 1 fully saturated rings. The number of nitrogens with zero attached hydrogens (tertiary/aromatic N) is 3. The van der Waals surface area contributed by atoms with Crippen LogP contribution in [0.1, 0.15) is 35.8 Å². The number of hydrogen-bond acceptors (Lipinski definition) is 4. The Kier molecular flexibility index (Phi) is 6.13. The molecule has 2 aromatic carbocycles. The minimum absolute atomic E-state index is 0.179. The van der Waals surface area contributed by atoms with E-state index in [-0.39, 0.29) is 17.8 Å². The molecular formula is C26H26FN3O2S. The standard InChI is InChI=1S/C26H26FN3O2S/c1-32-24-5-3-2-4-19(24)15-25-28-22-16-20(27)6-7-23(22)30(25)21-8-11-29(12-9-21)26(31)14-18-10-13-33-17-18/h2-7,10,13,16-17,21H,8-9,11-12,14-15H2,1H3. The summed E-state index contributed by atoms with van der Waals surface area (Å²) in [6.45, 7) is 1.42. The highest BCUT2D eigenvalue weighted by Crippen LogP contribution is 2.32. The molecule has 5 nitrogen and oxygen atoms in total. The summed E-state index contributed by atoms with van der Waals surface area (Å²) in [5.41, 5.74) is 3.72. The Hall–Kier alpha value is -3.19. The average Bonchev–Trinajstić information content (AvgIpc) is 3.46. The van der Waals surface area contributed by atoms with Crippen molar-refractivity contribution < 1.29 is 13.9 Å². The van der Waals surface area contributed by atoms with Gasteiger partial charge in [0.2, 0.25) is 5.91 Å². The maximum Gasteiger partial charge on any atom is 0.227 e. The van der Waals surface area contributed by atoms with Crippen molar-refractivity contribution >= 4 is 28.3 Å². The molecule has 0 spiro atoms. The molecule has 33 heavy (non-hydrogen) atoms. The molecule has 7 heteroatoms. The number of halogens is 1. The zero-order chi connectivity index (χ0) is 22.8. The van der Waals surface area contributed by atoms with Crippen LogP contribution in [0.4, 0.5) is 4.39 Å². The second-order valence-corrected chi connectivity index (χ2v) is 9.22. The second kappa shape index (κ2) is 9.35. The number of para-hydroxylation sites is 1. The largest absolute Gasteiger partial charge is 0.496 e. The summed E-state index contributed by atoms with van der Waals surface area (Å²) >= 11 is 1.62. The Morgan fingerprint density at radius 3 is 2.76 bits per heavy atom. The van der Waals surface area contributed by atoms with Crippen molar-refractivity contribution in [2.75, 3.05) is 20.2 Å². The normalized spacial score (nSPS) is 14.7. The van der Waals surface area contributed by atoms with Gasteiger partial charge >= 0.3 is 0 Å². The quantitative estimate of drug-likeness (QED) is 0.393. The molecule has 1 amide bonds. The molecule has 0 aliphatic carbocycles. The topological polar surface area (TPSA) is 47.4 Å². The molecule has 0 atom stereocenters. The van der Waals surface area contributed by atoms with E-state index in [0.717, 1.165) is 41.1 Å². The Bertz CT molecular complexity index is 1260. The predicted molar refractivity (Wildman–Crippen MR) is 128 cm³/mol. The number of hydrogen-bond donors (Lipinski definition) is 0. The number of aromatic nitrogens is 2. The van der Waals surface area contributed by atoms with Gasteiger partial charge in [-0.3, -0.25) is 4.79 Å². The number of carbonyl (C=O) groups is 1. The molecule has 1 aliphatic rings. The molecule has 0 bridgehead atoms. The minimum Gasteiger partial charge on any atom is -0.496 e. The summed E-state index contributed by atoms with van der Waals surface area (Å²) in [5.74, 6) is 1.60. The van der Waals surface area contributed by atoms with Gasteiger partial charge in [0.25, 0.3) is 0 Å². The fraction of sp³-hybridized carbons (Fsp3) is 0.308. The molecule has 2 aromatic heterocycles. The van der Waals surface area contributed by atoms with E-state index >= 15 is 0 Å². The van der Waals surface area contributed by atoms with Crippen LogP contribution in [-0.4, -0.2) is 40.6 Å². The number of ether oxygens (including phenoxy) is 1. The van der Waals surface area contributed by atoms with Crippen molar-refractivity contribution in [2.24, 2.45) is 0 Å². The molecule has 3 heterocycles. The van der Waals surface area contributed by atoms with Gasteiger partial charge in [0.05, 0.1) is 24.6 Å². The van der Waals surface area contributed by atoms with Crippen LogP contribution in [-0.2, 0) is 17.6 Å². The number of fused-ring (bicyclic) bond motifs is 1. The number of likely N-dealkylation sites (tertiary alicyclic amines) is 1. The molecule has 5 rings (SSSR count). The van der Waals surface area contributed by atoms with Gasteiger partial charge in [-0.1, -0.05) is 18.2 Å². The van der Waals surface area contributed by atoms with Crippen LogP contribution in [0.15, 0.2) is 59.3 Å². The highest BCUT2D eigenvalue weighted by Gasteiger charge is 2.27. The molecule has 4 aromatic rings. The van der Waals surface area contributed by atoms with Gasteiger partial charge < -0.3 is 14.2 Å². The third kappa shape index (κ3) is 4.50. The van der Waals surface area contributed by atoms with Crippen molar-refractivity contribution in [2.45, 2.75) is 31.7 Å². The van der Waals surface area contributed by atoms with Gasteiger partial charge in [-0.05, 0) is 53.4 Å². The maximum absolute atomic E-state index is 13.9. The van der Waals surface area contributed by atoms with Gasteiger partial charge in [-0.15, -0.1) is 0 Å². The molecule has 1 aliphatic heterocycles. The number of rotatable bonds is 6. The minimum atomic E-state index is -0.287. The summed E-state index contributed by atoms with van der Waals surface area (Å²) in [6.07, 6.45) is 2.74. The molecule has 170 valence electrons. The van der Waals surface area contributed by atoms with Gasteiger partial charge in [-0.25, -0.2) is 9.37 Å². The number of imidazole rings is 1. The van der Waals surface area contributed by atoms with Crippen LogP contribution < -0.4 is 4.74 Å². The average molecular weight is 464 g/mol. The van der Waals surface area contributed by atoms with Crippen molar-refractivity contribution in [3.05, 3.63) is 82.1 Å². The third-order valence-electron chi connectivity index (χ3n) is 6.38. The van der Waals surface area contributed by atoms with Crippen LogP contribution in [0.2, 0.25) is 0 Å². The Morgan fingerprint density at radius 1 is 1.18 bits per heavy atom. The number of piperidine rings is 1. The van der Waals surface area contributed by atoms with E-state index in [2.05, 4.69) is 4.57 Å². The summed E-state index contributed by atoms with van der Waals surface area (Å²) in [7, 11) is 1.67. The van der Waals surface area contributed by atoms with Crippen molar-refractivity contribution in [3.8, 4) is 5.75 Å². The summed E-state index contributed by atoms with van der Waals surface area (Å²) in [6, 6.07) is 14.9. The monoisotopic (exact) mass is 463 g/mol. The van der Waals surface area contributed by atoms with E-state index in [4.69, 9.17) is 9.72 Å². The first-order chi connectivity index (χ1) is 16.1. The zero-order valence-electron chi connectivity index (χ0n) is 18.5. The lowest BCUT2D eigenvalue weighted by atomic mass is 10.0. The summed E-state index contributed by atoms with van der Waals surface area (Å²) in [4.78, 5) is 19.5. The lowest BCUT2D eigenvalue weighted by molar-refractivity contribution is -0.131. The first kappa shape index (κ1) is 21.6. The van der Waals surface area contributed by atoms with Crippen LogP contribution in [0.5, 0.6) is 5.75 Å². The molecule has 0 saturated carbocycles. The number of thiophene rings is 1. The highest BCUT2D eigenvalue weighted by atomic mass is 32.1. The Balaban J connectivity index is 1.40. The van der Waals surface area contributed by atoms with Gasteiger partial charge in [0.1, 0.15) is 17.4 Å². The van der Waals surface area contributed by atoms with Crippen LogP contribution in [0, 0.1) is 5.82 Å². The fourth-order valence-corrected chi connectivity index (χ4v) is 5.40. The SMILES string of the molecule is COc1ccccc1Cc1nc2cc(F)ccc2n1C1CCN(C(=O)Cc2ccsc2)CC1. The number of amides is 1. The van der Waals surface area contributed by atoms with Crippen molar-refractivity contribution in [1.82, 2.24) is 14.5 Å². The highest BCUT2D eigenvalue weighted by molar-refractivity contribution is 7.08. The molecule has 0 N–H and O–H groups in total. The van der Waals surface area contributed by atoms with E-state index in [1.165, 1.54) is 12.1 Å². The maximum atomic E-state index is 13.9. The summed E-state index contributed by atoms with van der Waals surface area (Å²) < 4.78 is 21.7. The van der Waals surface area contributed by atoms with E-state index in [1.807, 2.05) is 52.1 Å². The van der Waals surface area contributed by atoms with Crippen LogP contribution in [0.3, 0.4) is 0 Å². The lowest BCUT2D eigenvalue weighted by Gasteiger charge is -2.33. The molecule has 0 unspecified atom stereocenters. The lowest BCUT2D eigenvalue weighted by Crippen LogP contribution is -2.40. The first-order valence-corrected chi connectivity index (χ1v) is 12.1. The van der Waals surface area contributed by atoms with E-state index in [9.17, 15) is 9.18 Å². The van der Waals surface area contributed by atoms with Gasteiger partial charge in [0, 0.05) is 37.2 Å². The molecular weight excluding hydrogens is 437 g/mol. The summed E-state index contributed by atoms with van der Waals surface area (Å²) in [5, 5.41) is 4.04. The fourth-order valence-electron chi connectivity index (χ4n) is 4.73. The first-order valence-electron chi connectivity index (χ1n) is 11.2. The number of methoxy groups -OCH3 is 1. The Morgan fingerprint density at radius 2 is 2.00 bits per heavy atom. The number of carbonyl (C=O) groups excluding carboxylic acids is 1. The van der Waals surface area contributed by atoms with Crippen LogP contribution >= 0.6 is 11.3 Å². The number of benzene rings is 2. The van der Waals surface area contributed by atoms with Crippen molar-refractivity contribution in [3.63, 3.8) is 0 Å². The van der Waals surface area contributed by atoms with Crippen molar-refractivity contribution in [1.29, 1.82) is 0 Å². The van der Waals surface area contributed by atoms with Gasteiger partial charge in [-0.2, -0.15) is 11.3 Å². The van der Waals surface area contributed by atoms with Gasteiger partial charge in [0.15, 0.2) is 0 Å². The predicted octanol–water partition coefficient (Wildman–Crippen LogP) is 5.24. The second-order valence-electron chi connectivity index (χ2n) is 8.44. The molecule has 0 radical (unpaired) electrons. The Labute approximate surface area is 196 Å². The van der Waals surface area contributed by atoms with E-state index in [1.54, 1.807) is 18.4 Å². The van der Waals surface area contributed by atoms with E-state index in [0.29, 0.717) is 31.4 Å². The smallest absolute Gasteiger partial charge is 0.227 e. The molecule has 1 saturated heterocycles.